The zero-order valence-electron chi connectivity index (χ0n) is 11.6. The van der Waals surface area contributed by atoms with Crippen molar-refractivity contribution in [2.24, 2.45) is 5.92 Å². The van der Waals surface area contributed by atoms with E-state index in [9.17, 15) is 4.79 Å². The summed E-state index contributed by atoms with van der Waals surface area (Å²) in [5, 5.41) is 10.2. The van der Waals surface area contributed by atoms with E-state index >= 15 is 0 Å². The summed E-state index contributed by atoms with van der Waals surface area (Å²) >= 11 is 0. The number of hydrogen-bond donors (Lipinski definition) is 2. The molecule has 2 N–H and O–H groups in total. The molecule has 3 nitrogen and oxygen atoms in total. The maximum absolute atomic E-state index is 11.1. The molecule has 0 spiro atoms. The van der Waals surface area contributed by atoms with Gasteiger partial charge in [-0.1, -0.05) is 44.9 Å². The summed E-state index contributed by atoms with van der Waals surface area (Å²) in [6.45, 7) is 4.38. The summed E-state index contributed by atoms with van der Waals surface area (Å²) in [7, 11) is 0. The first-order valence-corrected chi connectivity index (χ1v) is 6.95. The fourth-order valence-corrected chi connectivity index (χ4v) is 2.65. The number of H-pyrrole nitrogens is 1. The van der Waals surface area contributed by atoms with Gasteiger partial charge in [-0.25, -0.2) is 0 Å². The van der Waals surface area contributed by atoms with E-state index in [-0.39, 0.29) is 6.42 Å². The van der Waals surface area contributed by atoms with Gasteiger partial charge in [-0.15, -0.1) is 0 Å². The third-order valence-electron chi connectivity index (χ3n) is 3.88. The molecule has 1 heterocycles. The molecule has 0 aliphatic rings. The number of nitrogens with one attached hydrogen (secondary N) is 1. The second-order valence-electron chi connectivity index (χ2n) is 5.08. The minimum Gasteiger partial charge on any atom is -0.481 e. The SMILES string of the molecule is CCC(CC)Cc1[nH]c2ccccc2c1CC(=O)O. The van der Waals surface area contributed by atoms with Gasteiger partial charge in [-0.05, 0) is 24.0 Å². The van der Waals surface area contributed by atoms with Crippen molar-refractivity contribution >= 4 is 16.9 Å². The molecule has 3 heteroatoms. The van der Waals surface area contributed by atoms with Crippen molar-refractivity contribution in [2.75, 3.05) is 0 Å². The number of aromatic nitrogens is 1. The molecule has 0 saturated heterocycles. The van der Waals surface area contributed by atoms with Gasteiger partial charge in [0.25, 0.3) is 0 Å². The van der Waals surface area contributed by atoms with Gasteiger partial charge in [0, 0.05) is 16.6 Å². The lowest BCUT2D eigenvalue weighted by Crippen LogP contribution is -2.07. The molecule has 19 heavy (non-hydrogen) atoms. The van der Waals surface area contributed by atoms with E-state index in [0.717, 1.165) is 41.4 Å². The minimum atomic E-state index is -0.768. The number of hydrogen-bond acceptors (Lipinski definition) is 1. The molecule has 0 unspecified atom stereocenters. The third kappa shape index (κ3) is 2.98. The number of aromatic amines is 1. The standard InChI is InChI=1S/C16H21NO2/c1-3-11(4-2)9-15-13(10-16(18)19)12-7-5-6-8-14(12)17-15/h5-8,11,17H,3-4,9-10H2,1-2H3,(H,18,19). The van der Waals surface area contributed by atoms with E-state index < -0.39 is 5.97 Å². The molecule has 0 aliphatic carbocycles. The predicted octanol–water partition coefficient (Wildman–Crippen LogP) is 3.77. The highest BCUT2D eigenvalue weighted by molar-refractivity contribution is 5.88. The summed E-state index contributed by atoms with van der Waals surface area (Å²) < 4.78 is 0. The van der Waals surface area contributed by atoms with E-state index in [1.165, 1.54) is 0 Å². The summed E-state index contributed by atoms with van der Waals surface area (Å²) in [5.74, 6) is -0.156. The maximum Gasteiger partial charge on any atom is 0.307 e. The molecular formula is C16H21NO2. The lowest BCUT2D eigenvalue weighted by molar-refractivity contribution is -0.136. The van der Waals surface area contributed by atoms with E-state index in [2.05, 4.69) is 18.8 Å². The van der Waals surface area contributed by atoms with Crippen molar-refractivity contribution in [1.29, 1.82) is 0 Å². The molecule has 2 rings (SSSR count). The topological polar surface area (TPSA) is 53.1 Å². The van der Waals surface area contributed by atoms with Crippen LogP contribution in [0.5, 0.6) is 0 Å². The van der Waals surface area contributed by atoms with Crippen LogP contribution in [-0.4, -0.2) is 16.1 Å². The van der Waals surface area contributed by atoms with Crippen molar-refractivity contribution in [2.45, 2.75) is 39.5 Å². The molecule has 0 saturated carbocycles. The van der Waals surface area contributed by atoms with Gasteiger partial charge in [0.1, 0.15) is 0 Å². The maximum atomic E-state index is 11.1. The van der Waals surface area contributed by atoms with E-state index in [0.29, 0.717) is 5.92 Å². The highest BCUT2D eigenvalue weighted by Gasteiger charge is 2.16. The number of carboxylic acid groups (broad SMARTS) is 1. The van der Waals surface area contributed by atoms with Crippen LogP contribution < -0.4 is 0 Å². The van der Waals surface area contributed by atoms with Gasteiger partial charge in [0.05, 0.1) is 6.42 Å². The summed E-state index contributed by atoms with van der Waals surface area (Å²) in [4.78, 5) is 14.5. The molecule has 2 aromatic rings. The van der Waals surface area contributed by atoms with Crippen molar-refractivity contribution in [3.8, 4) is 0 Å². The monoisotopic (exact) mass is 259 g/mol. The molecular weight excluding hydrogens is 238 g/mol. The average Bonchev–Trinajstić information content (AvgIpc) is 2.73. The predicted molar refractivity (Wildman–Crippen MR) is 77.4 cm³/mol. The van der Waals surface area contributed by atoms with E-state index in [4.69, 9.17) is 5.11 Å². The molecule has 0 radical (unpaired) electrons. The van der Waals surface area contributed by atoms with Crippen molar-refractivity contribution in [1.82, 2.24) is 4.98 Å². The Morgan fingerprint density at radius 3 is 2.58 bits per heavy atom. The summed E-state index contributed by atoms with van der Waals surface area (Å²) in [6, 6.07) is 7.95. The number of rotatable bonds is 6. The second-order valence-corrected chi connectivity index (χ2v) is 5.08. The van der Waals surface area contributed by atoms with Crippen LogP contribution in [0.3, 0.4) is 0 Å². The Bertz CT molecular complexity index is 567. The highest BCUT2D eigenvalue weighted by atomic mass is 16.4. The minimum absolute atomic E-state index is 0.0967. The number of carbonyl (C=O) groups is 1. The smallest absolute Gasteiger partial charge is 0.307 e. The quantitative estimate of drug-likeness (QED) is 0.829. The Labute approximate surface area is 113 Å². The average molecular weight is 259 g/mol. The summed E-state index contributed by atoms with van der Waals surface area (Å²) in [6.07, 6.45) is 3.28. The molecule has 1 aromatic heterocycles. The molecule has 0 aliphatic heterocycles. The van der Waals surface area contributed by atoms with Crippen molar-refractivity contribution in [3.63, 3.8) is 0 Å². The molecule has 1 aromatic carbocycles. The van der Waals surface area contributed by atoms with Gasteiger partial charge in [0.2, 0.25) is 0 Å². The van der Waals surface area contributed by atoms with Crippen LogP contribution in [0.4, 0.5) is 0 Å². The number of aliphatic carboxylic acids is 1. The molecule has 0 fully saturated rings. The lowest BCUT2D eigenvalue weighted by Gasteiger charge is -2.12. The van der Waals surface area contributed by atoms with Gasteiger partial charge in [-0.2, -0.15) is 0 Å². The Morgan fingerprint density at radius 1 is 1.26 bits per heavy atom. The van der Waals surface area contributed by atoms with Crippen LogP contribution in [-0.2, 0) is 17.6 Å². The Kier molecular flexibility index (Phi) is 4.25. The number of fused-ring (bicyclic) bond motifs is 1. The van der Waals surface area contributed by atoms with Crippen LogP contribution in [0, 0.1) is 5.92 Å². The fraction of sp³-hybridized carbons (Fsp3) is 0.438. The normalized spacial score (nSPS) is 11.3. The van der Waals surface area contributed by atoms with Gasteiger partial charge >= 0.3 is 5.97 Å². The van der Waals surface area contributed by atoms with Crippen LogP contribution in [0.15, 0.2) is 24.3 Å². The first-order valence-electron chi connectivity index (χ1n) is 6.95. The Morgan fingerprint density at radius 2 is 1.95 bits per heavy atom. The van der Waals surface area contributed by atoms with Crippen LogP contribution in [0.1, 0.15) is 37.9 Å². The molecule has 102 valence electrons. The fourth-order valence-electron chi connectivity index (χ4n) is 2.65. The van der Waals surface area contributed by atoms with Gasteiger partial charge in [0.15, 0.2) is 0 Å². The first-order chi connectivity index (χ1) is 9.15. The van der Waals surface area contributed by atoms with Crippen molar-refractivity contribution < 1.29 is 9.90 Å². The Balaban J connectivity index is 2.43. The van der Waals surface area contributed by atoms with E-state index in [1.54, 1.807) is 0 Å². The van der Waals surface area contributed by atoms with Crippen molar-refractivity contribution in [3.05, 3.63) is 35.5 Å². The zero-order valence-corrected chi connectivity index (χ0v) is 11.6. The van der Waals surface area contributed by atoms with Gasteiger partial charge in [-0.3, -0.25) is 4.79 Å². The summed E-state index contributed by atoms with van der Waals surface area (Å²) in [5.41, 5.74) is 3.09. The zero-order chi connectivity index (χ0) is 13.8. The molecule has 0 bridgehead atoms. The van der Waals surface area contributed by atoms with Crippen LogP contribution >= 0.6 is 0 Å². The van der Waals surface area contributed by atoms with Crippen LogP contribution in [0.2, 0.25) is 0 Å². The van der Waals surface area contributed by atoms with Crippen LogP contribution in [0.25, 0.3) is 10.9 Å². The Hall–Kier alpha value is -1.77. The lowest BCUT2D eigenvalue weighted by atomic mass is 9.94. The number of para-hydroxylation sites is 1. The largest absolute Gasteiger partial charge is 0.481 e. The number of benzene rings is 1. The number of carboxylic acids is 1. The third-order valence-corrected chi connectivity index (χ3v) is 3.88. The second kappa shape index (κ2) is 5.91. The van der Waals surface area contributed by atoms with Gasteiger partial charge < -0.3 is 10.1 Å². The molecule has 0 atom stereocenters. The molecule has 0 amide bonds. The first kappa shape index (κ1) is 13.7. The highest BCUT2D eigenvalue weighted by Crippen LogP contribution is 2.26. The van der Waals surface area contributed by atoms with E-state index in [1.807, 2.05) is 24.3 Å².